The molecule has 0 radical (unpaired) electrons. The van der Waals surface area contributed by atoms with E-state index in [9.17, 15) is 13.2 Å². The molecule has 1 unspecified atom stereocenters. The van der Waals surface area contributed by atoms with Crippen molar-refractivity contribution in [2.45, 2.75) is 19.1 Å². The molecule has 8 heteroatoms. The Morgan fingerprint density at radius 3 is 2.62 bits per heavy atom. The molecule has 0 saturated heterocycles. The second kappa shape index (κ2) is 6.95. The number of benzene rings is 1. The van der Waals surface area contributed by atoms with Crippen molar-refractivity contribution in [3.63, 3.8) is 0 Å². The molecule has 0 aliphatic carbocycles. The minimum Gasteiger partial charge on any atom is -0.382 e. The number of halogens is 3. The zero-order chi connectivity index (χ0) is 18.9. The Hall–Kier alpha value is -2.61. The third-order valence-electron chi connectivity index (χ3n) is 4.14. The maximum absolute atomic E-state index is 13.0. The first kappa shape index (κ1) is 18.2. The van der Waals surface area contributed by atoms with E-state index >= 15 is 0 Å². The number of nitrogens with zero attached hydrogens (tertiary/aromatic N) is 3. The van der Waals surface area contributed by atoms with Crippen LogP contribution in [0.2, 0.25) is 0 Å². The molecule has 0 aliphatic heterocycles. The first-order chi connectivity index (χ1) is 12.3. The fourth-order valence-corrected chi connectivity index (χ4v) is 2.94. The lowest BCUT2D eigenvalue weighted by Gasteiger charge is -2.21. The van der Waals surface area contributed by atoms with Gasteiger partial charge in [0.05, 0.1) is 29.4 Å². The number of aromatic nitrogens is 3. The number of ether oxygens (including phenoxy) is 1. The SMILES string of the molecule is COCC(Nc1cc(C)nc2cc(C(F)(F)F)ccc12)c1ccnn1C. The second-order valence-corrected chi connectivity index (χ2v) is 6.07. The van der Waals surface area contributed by atoms with E-state index in [-0.39, 0.29) is 6.04 Å². The summed E-state index contributed by atoms with van der Waals surface area (Å²) in [6.45, 7) is 2.13. The van der Waals surface area contributed by atoms with Crippen molar-refractivity contribution in [3.8, 4) is 0 Å². The van der Waals surface area contributed by atoms with Crippen LogP contribution in [0.5, 0.6) is 0 Å². The molecular formula is C18H19F3N4O. The molecule has 1 atom stereocenters. The van der Waals surface area contributed by atoms with Gasteiger partial charge in [0.2, 0.25) is 0 Å². The minimum atomic E-state index is -4.40. The van der Waals surface area contributed by atoms with E-state index in [1.807, 2.05) is 19.2 Å². The van der Waals surface area contributed by atoms with Gasteiger partial charge in [-0.2, -0.15) is 18.3 Å². The van der Waals surface area contributed by atoms with Gasteiger partial charge in [-0.15, -0.1) is 0 Å². The van der Waals surface area contributed by atoms with Crippen molar-refractivity contribution in [1.29, 1.82) is 0 Å². The summed E-state index contributed by atoms with van der Waals surface area (Å²) < 4.78 is 46.0. The van der Waals surface area contributed by atoms with E-state index in [0.717, 1.165) is 17.8 Å². The van der Waals surface area contributed by atoms with Crippen LogP contribution in [0.25, 0.3) is 10.9 Å². The maximum atomic E-state index is 13.0. The Balaban J connectivity index is 2.05. The summed E-state index contributed by atoms with van der Waals surface area (Å²) in [6, 6.07) is 7.06. The Bertz CT molecular complexity index is 920. The number of anilines is 1. The van der Waals surface area contributed by atoms with Crippen LogP contribution < -0.4 is 5.32 Å². The second-order valence-electron chi connectivity index (χ2n) is 6.07. The predicted octanol–water partition coefficient (Wildman–Crippen LogP) is 4.10. The number of fused-ring (bicyclic) bond motifs is 1. The Kier molecular flexibility index (Phi) is 4.86. The number of methoxy groups -OCH3 is 1. The Morgan fingerprint density at radius 2 is 2.00 bits per heavy atom. The number of hydrogen-bond donors (Lipinski definition) is 1. The highest BCUT2D eigenvalue weighted by molar-refractivity contribution is 5.92. The fraction of sp³-hybridized carbons (Fsp3) is 0.333. The van der Waals surface area contributed by atoms with Crippen molar-refractivity contribution >= 4 is 16.6 Å². The van der Waals surface area contributed by atoms with E-state index in [4.69, 9.17) is 4.74 Å². The van der Waals surface area contributed by atoms with Gasteiger partial charge in [0.1, 0.15) is 0 Å². The molecule has 138 valence electrons. The van der Waals surface area contributed by atoms with Crippen LogP contribution in [-0.4, -0.2) is 28.5 Å². The monoisotopic (exact) mass is 364 g/mol. The third-order valence-corrected chi connectivity index (χ3v) is 4.14. The zero-order valence-corrected chi connectivity index (χ0v) is 14.6. The molecule has 0 amide bonds. The summed E-state index contributed by atoms with van der Waals surface area (Å²) in [5, 5.41) is 8.14. The van der Waals surface area contributed by atoms with Crippen LogP contribution in [0.1, 0.15) is 23.0 Å². The summed E-state index contributed by atoms with van der Waals surface area (Å²) >= 11 is 0. The maximum Gasteiger partial charge on any atom is 0.416 e. The predicted molar refractivity (Wildman–Crippen MR) is 92.9 cm³/mol. The molecule has 1 aromatic carbocycles. The smallest absolute Gasteiger partial charge is 0.382 e. The lowest BCUT2D eigenvalue weighted by atomic mass is 10.1. The normalized spacial score (nSPS) is 13.2. The van der Waals surface area contributed by atoms with Gasteiger partial charge < -0.3 is 10.1 Å². The number of hydrogen-bond acceptors (Lipinski definition) is 4. The summed E-state index contributed by atoms with van der Waals surface area (Å²) in [7, 11) is 3.42. The minimum absolute atomic E-state index is 0.209. The average Bonchev–Trinajstić information content (AvgIpc) is 2.98. The van der Waals surface area contributed by atoms with Gasteiger partial charge in [-0.3, -0.25) is 9.67 Å². The number of nitrogens with one attached hydrogen (secondary N) is 1. The number of aryl methyl sites for hydroxylation is 2. The van der Waals surface area contributed by atoms with E-state index in [1.165, 1.54) is 6.07 Å². The largest absolute Gasteiger partial charge is 0.416 e. The number of alkyl halides is 3. The molecule has 0 fully saturated rings. The highest BCUT2D eigenvalue weighted by Gasteiger charge is 2.30. The average molecular weight is 364 g/mol. The first-order valence-corrected chi connectivity index (χ1v) is 8.01. The zero-order valence-electron chi connectivity index (χ0n) is 14.6. The Labute approximate surface area is 148 Å². The van der Waals surface area contributed by atoms with E-state index in [2.05, 4.69) is 15.4 Å². The van der Waals surface area contributed by atoms with Crippen LogP contribution in [0.4, 0.5) is 18.9 Å². The summed E-state index contributed by atoms with van der Waals surface area (Å²) in [4.78, 5) is 4.26. The van der Waals surface area contributed by atoms with E-state index in [0.29, 0.717) is 28.9 Å². The van der Waals surface area contributed by atoms with Gasteiger partial charge in [0, 0.05) is 37.1 Å². The van der Waals surface area contributed by atoms with E-state index in [1.54, 1.807) is 24.9 Å². The lowest BCUT2D eigenvalue weighted by Crippen LogP contribution is -2.19. The van der Waals surface area contributed by atoms with Crippen molar-refractivity contribution in [2.24, 2.45) is 7.05 Å². The molecule has 5 nitrogen and oxygen atoms in total. The van der Waals surface area contributed by atoms with Crippen molar-refractivity contribution in [3.05, 3.63) is 53.5 Å². The van der Waals surface area contributed by atoms with Gasteiger partial charge in [-0.25, -0.2) is 0 Å². The summed E-state index contributed by atoms with van der Waals surface area (Å²) in [6.07, 6.45) is -2.72. The molecule has 0 aliphatic rings. The lowest BCUT2D eigenvalue weighted by molar-refractivity contribution is -0.137. The van der Waals surface area contributed by atoms with Crippen LogP contribution >= 0.6 is 0 Å². The molecule has 26 heavy (non-hydrogen) atoms. The molecule has 2 heterocycles. The standard InChI is InChI=1S/C18H19F3N4O/c1-11-8-14(24-16(10-26-3)17-6-7-22-25(17)2)13-5-4-12(18(19,20)21)9-15(13)23-11/h4-9,16H,10H2,1-3H3,(H,23,24). The van der Waals surface area contributed by atoms with Gasteiger partial charge in [0.25, 0.3) is 0 Å². The van der Waals surface area contributed by atoms with Crippen molar-refractivity contribution in [1.82, 2.24) is 14.8 Å². The van der Waals surface area contributed by atoms with Gasteiger partial charge in [-0.05, 0) is 31.2 Å². The van der Waals surface area contributed by atoms with Crippen LogP contribution in [0, 0.1) is 6.92 Å². The molecule has 3 aromatic rings. The van der Waals surface area contributed by atoms with Gasteiger partial charge in [0.15, 0.2) is 0 Å². The highest BCUT2D eigenvalue weighted by atomic mass is 19.4. The number of rotatable bonds is 5. The molecule has 1 N–H and O–H groups in total. The van der Waals surface area contributed by atoms with Crippen LogP contribution in [0.3, 0.4) is 0 Å². The van der Waals surface area contributed by atoms with E-state index < -0.39 is 11.7 Å². The quantitative estimate of drug-likeness (QED) is 0.741. The summed E-state index contributed by atoms with van der Waals surface area (Å²) in [5.41, 5.74) is 1.81. The van der Waals surface area contributed by atoms with Crippen LogP contribution in [-0.2, 0) is 18.0 Å². The van der Waals surface area contributed by atoms with Crippen LogP contribution in [0.15, 0.2) is 36.5 Å². The molecule has 0 spiro atoms. The number of pyridine rings is 1. The molecule has 0 saturated carbocycles. The summed E-state index contributed by atoms with van der Waals surface area (Å²) in [5.74, 6) is 0. The highest BCUT2D eigenvalue weighted by Crippen LogP contribution is 2.34. The Morgan fingerprint density at radius 1 is 1.23 bits per heavy atom. The fourth-order valence-electron chi connectivity index (χ4n) is 2.94. The first-order valence-electron chi connectivity index (χ1n) is 8.01. The van der Waals surface area contributed by atoms with Gasteiger partial charge >= 0.3 is 6.18 Å². The van der Waals surface area contributed by atoms with Crippen molar-refractivity contribution in [2.75, 3.05) is 19.0 Å². The molecular weight excluding hydrogens is 345 g/mol. The van der Waals surface area contributed by atoms with Gasteiger partial charge in [-0.1, -0.05) is 6.07 Å². The van der Waals surface area contributed by atoms with Crippen molar-refractivity contribution < 1.29 is 17.9 Å². The topological polar surface area (TPSA) is 52.0 Å². The molecule has 0 bridgehead atoms. The third kappa shape index (κ3) is 3.65. The molecule has 3 rings (SSSR count). The molecule has 2 aromatic heterocycles.